The molecule has 0 aliphatic heterocycles. The van der Waals surface area contributed by atoms with E-state index in [2.05, 4.69) is 5.48 Å². The number of rotatable bonds is 7. The summed E-state index contributed by atoms with van der Waals surface area (Å²) in [6, 6.07) is 24.8. The molecule has 0 saturated heterocycles. The molecule has 164 valence electrons. The van der Waals surface area contributed by atoms with Crippen LogP contribution in [0.5, 0.6) is 5.75 Å². The first-order valence-electron chi connectivity index (χ1n) is 10.7. The number of ether oxygens (including phenoxy) is 1. The van der Waals surface area contributed by atoms with E-state index in [4.69, 9.17) is 14.7 Å². The smallest absolute Gasteiger partial charge is 0.337 e. The Morgan fingerprint density at radius 2 is 1.59 bits per heavy atom. The van der Waals surface area contributed by atoms with Crippen molar-refractivity contribution in [2.24, 2.45) is 0 Å². The number of nitrogens with one attached hydrogen (secondary N) is 1. The number of hydrogen-bond donors (Lipinski definition) is 2. The van der Waals surface area contributed by atoms with Gasteiger partial charge in [-0.15, -0.1) is 0 Å². The Morgan fingerprint density at radius 1 is 0.938 bits per heavy atom. The van der Waals surface area contributed by atoms with Gasteiger partial charge in [0, 0.05) is 0 Å². The van der Waals surface area contributed by atoms with Crippen molar-refractivity contribution in [2.45, 2.75) is 31.3 Å². The second-order valence-corrected chi connectivity index (χ2v) is 7.69. The average molecular weight is 431 g/mol. The number of benzene rings is 3. The molecule has 1 unspecified atom stereocenters. The van der Waals surface area contributed by atoms with E-state index >= 15 is 0 Å². The summed E-state index contributed by atoms with van der Waals surface area (Å²) < 4.78 is 5.25. The van der Waals surface area contributed by atoms with Crippen LogP contribution in [0.15, 0.2) is 78.9 Å². The molecule has 0 saturated carbocycles. The van der Waals surface area contributed by atoms with Gasteiger partial charge in [0.1, 0.15) is 18.5 Å². The number of aliphatic hydroxyl groups excluding tert-OH is 1. The Kier molecular flexibility index (Phi) is 6.94. The maximum Gasteiger partial charge on any atom is 0.337 e. The molecular formula is C26H25NO5. The Labute approximate surface area is 186 Å². The molecule has 0 bridgehead atoms. The lowest BCUT2D eigenvalue weighted by molar-refractivity contribution is -0.139. The predicted octanol–water partition coefficient (Wildman–Crippen LogP) is 3.84. The fraction of sp³-hybridized carbons (Fsp3) is 0.231. The summed E-state index contributed by atoms with van der Waals surface area (Å²) in [5, 5.41) is 9.00. The van der Waals surface area contributed by atoms with Gasteiger partial charge in [-0.05, 0) is 47.6 Å². The molecule has 1 amide bonds. The third-order valence-corrected chi connectivity index (χ3v) is 5.62. The molecule has 3 aromatic rings. The van der Waals surface area contributed by atoms with Crippen LogP contribution in [0.1, 0.15) is 47.1 Å². The Balaban J connectivity index is 1.53. The Bertz CT molecular complexity index is 1030. The van der Waals surface area contributed by atoms with Gasteiger partial charge < -0.3 is 9.84 Å². The number of carbonyl (C=O) groups excluding carboxylic acids is 2. The highest BCUT2D eigenvalue weighted by molar-refractivity contribution is 5.84. The first-order valence-corrected chi connectivity index (χ1v) is 10.7. The van der Waals surface area contributed by atoms with Gasteiger partial charge in [0.25, 0.3) is 5.91 Å². The van der Waals surface area contributed by atoms with Crippen LogP contribution in [0.2, 0.25) is 0 Å². The van der Waals surface area contributed by atoms with Crippen molar-refractivity contribution in [1.82, 2.24) is 5.48 Å². The number of hydrogen-bond acceptors (Lipinski definition) is 5. The van der Waals surface area contributed by atoms with Gasteiger partial charge in [-0.3, -0.25) is 9.63 Å². The van der Waals surface area contributed by atoms with Crippen LogP contribution in [0.4, 0.5) is 0 Å². The summed E-state index contributed by atoms with van der Waals surface area (Å²) in [6.07, 6.45) is 1.70. The molecule has 32 heavy (non-hydrogen) atoms. The monoisotopic (exact) mass is 431 g/mol. The van der Waals surface area contributed by atoms with E-state index < -0.39 is 24.6 Å². The van der Waals surface area contributed by atoms with Crippen LogP contribution in [0, 0.1) is 0 Å². The quantitative estimate of drug-likeness (QED) is 0.337. The molecule has 6 nitrogen and oxygen atoms in total. The zero-order chi connectivity index (χ0) is 22.3. The van der Waals surface area contributed by atoms with E-state index in [0.29, 0.717) is 18.6 Å². The zero-order valence-electron chi connectivity index (χ0n) is 17.6. The van der Waals surface area contributed by atoms with E-state index in [1.54, 1.807) is 12.1 Å². The molecule has 3 aromatic carbocycles. The second kappa shape index (κ2) is 10.2. The van der Waals surface area contributed by atoms with Crippen molar-refractivity contribution in [3.63, 3.8) is 0 Å². The lowest BCUT2D eigenvalue weighted by Gasteiger charge is -2.27. The number of amides is 1. The maximum atomic E-state index is 13.1. The molecule has 0 heterocycles. The van der Waals surface area contributed by atoms with Gasteiger partial charge in [0.15, 0.2) is 0 Å². The van der Waals surface area contributed by atoms with Crippen LogP contribution >= 0.6 is 0 Å². The standard InChI is InChI=1S/C26H25NO5/c28-17-24(29)31-23-16-8-13-20-21(23)14-7-15-22(20)26(30)27-32-25(18-9-3-1-4-10-18)19-11-5-2-6-12-19/h1-6,8-13,16,22,25,28H,7,14-15,17H2,(H,27,30). The highest BCUT2D eigenvalue weighted by Crippen LogP contribution is 2.37. The lowest BCUT2D eigenvalue weighted by atomic mass is 9.82. The summed E-state index contributed by atoms with van der Waals surface area (Å²) in [5.41, 5.74) is 6.18. The van der Waals surface area contributed by atoms with Crippen LogP contribution in [0.3, 0.4) is 0 Å². The van der Waals surface area contributed by atoms with E-state index in [1.165, 1.54) is 0 Å². The fourth-order valence-corrected chi connectivity index (χ4v) is 4.11. The predicted molar refractivity (Wildman–Crippen MR) is 119 cm³/mol. The first kappa shape index (κ1) is 21.7. The first-order chi connectivity index (χ1) is 15.7. The zero-order valence-corrected chi connectivity index (χ0v) is 17.6. The summed E-state index contributed by atoms with van der Waals surface area (Å²) in [4.78, 5) is 30.6. The normalized spacial score (nSPS) is 15.1. The van der Waals surface area contributed by atoms with Crippen LogP contribution in [-0.2, 0) is 20.8 Å². The highest BCUT2D eigenvalue weighted by atomic mass is 16.7. The lowest BCUT2D eigenvalue weighted by Crippen LogP contribution is -2.33. The molecule has 4 rings (SSSR count). The molecule has 2 N–H and O–H groups in total. The fourth-order valence-electron chi connectivity index (χ4n) is 4.11. The van der Waals surface area contributed by atoms with Crippen LogP contribution < -0.4 is 10.2 Å². The van der Waals surface area contributed by atoms with Crippen molar-refractivity contribution < 1.29 is 24.3 Å². The van der Waals surface area contributed by atoms with Gasteiger partial charge in [-0.25, -0.2) is 10.3 Å². The van der Waals surface area contributed by atoms with Crippen molar-refractivity contribution in [2.75, 3.05) is 6.61 Å². The van der Waals surface area contributed by atoms with Crippen LogP contribution in [-0.4, -0.2) is 23.6 Å². The van der Waals surface area contributed by atoms with Crippen molar-refractivity contribution in [3.05, 3.63) is 101 Å². The molecule has 1 aliphatic carbocycles. The molecule has 0 spiro atoms. The van der Waals surface area contributed by atoms with Gasteiger partial charge in [0.05, 0.1) is 5.92 Å². The largest absolute Gasteiger partial charge is 0.425 e. The topological polar surface area (TPSA) is 84.9 Å². The van der Waals surface area contributed by atoms with Gasteiger partial charge in [-0.2, -0.15) is 0 Å². The summed E-state index contributed by atoms with van der Waals surface area (Å²) in [6.45, 7) is -0.693. The molecule has 0 fully saturated rings. The average Bonchev–Trinajstić information content (AvgIpc) is 2.85. The molecular weight excluding hydrogens is 406 g/mol. The number of fused-ring (bicyclic) bond motifs is 1. The Hall–Kier alpha value is -3.48. The van der Waals surface area contributed by atoms with Gasteiger partial charge >= 0.3 is 5.97 Å². The summed E-state index contributed by atoms with van der Waals surface area (Å²) >= 11 is 0. The second-order valence-electron chi connectivity index (χ2n) is 7.69. The van der Waals surface area contributed by atoms with Crippen molar-refractivity contribution in [3.8, 4) is 5.75 Å². The van der Waals surface area contributed by atoms with Crippen molar-refractivity contribution in [1.29, 1.82) is 0 Å². The molecule has 6 heteroatoms. The van der Waals surface area contributed by atoms with E-state index in [0.717, 1.165) is 28.7 Å². The van der Waals surface area contributed by atoms with Gasteiger partial charge in [-0.1, -0.05) is 72.8 Å². The Morgan fingerprint density at radius 3 is 2.22 bits per heavy atom. The molecule has 1 atom stereocenters. The maximum absolute atomic E-state index is 13.1. The number of esters is 1. The van der Waals surface area contributed by atoms with Gasteiger partial charge in [0.2, 0.25) is 0 Å². The minimum Gasteiger partial charge on any atom is -0.425 e. The number of aliphatic hydroxyl groups is 1. The minimum atomic E-state index is -0.720. The molecule has 0 radical (unpaired) electrons. The highest BCUT2D eigenvalue weighted by Gasteiger charge is 2.30. The van der Waals surface area contributed by atoms with E-state index in [-0.39, 0.29) is 5.91 Å². The minimum absolute atomic E-state index is 0.242. The summed E-state index contributed by atoms with van der Waals surface area (Å²) in [5.74, 6) is -0.986. The third kappa shape index (κ3) is 4.88. The van der Waals surface area contributed by atoms with Crippen LogP contribution in [0.25, 0.3) is 0 Å². The van der Waals surface area contributed by atoms with E-state index in [9.17, 15) is 9.59 Å². The summed E-state index contributed by atoms with van der Waals surface area (Å²) in [7, 11) is 0. The van der Waals surface area contributed by atoms with E-state index in [1.807, 2.05) is 66.7 Å². The molecule has 0 aromatic heterocycles. The SMILES string of the molecule is O=C(CO)Oc1cccc2c1CCCC2C(=O)NOC(c1ccccc1)c1ccccc1. The van der Waals surface area contributed by atoms with Crippen molar-refractivity contribution >= 4 is 11.9 Å². The number of carbonyl (C=O) groups is 2. The number of hydroxylamine groups is 1. The third-order valence-electron chi connectivity index (χ3n) is 5.62. The molecule has 1 aliphatic rings.